The van der Waals surface area contributed by atoms with Crippen molar-refractivity contribution in [2.75, 3.05) is 0 Å². The molecular weight excluding hydrogens is 286 g/mol. The maximum Gasteiger partial charge on any atom is 0.307 e. The molecule has 19 heavy (non-hydrogen) atoms. The summed E-state index contributed by atoms with van der Waals surface area (Å²) in [6.45, 7) is 0. The first-order valence-electron chi connectivity index (χ1n) is 5.39. The average Bonchev–Trinajstić information content (AvgIpc) is 2.81. The molecule has 0 unspecified atom stereocenters. The number of carboxylic acids is 1. The van der Waals surface area contributed by atoms with Crippen LogP contribution in [0.2, 0.25) is 0 Å². The van der Waals surface area contributed by atoms with Gasteiger partial charge in [-0.25, -0.2) is 13.4 Å². The highest BCUT2D eigenvalue weighted by atomic mass is 32.2. The molecule has 0 saturated heterocycles. The lowest BCUT2D eigenvalue weighted by molar-refractivity contribution is -0.136. The summed E-state index contributed by atoms with van der Waals surface area (Å²) < 4.78 is 24.2. The Bertz CT molecular complexity index is 660. The molecule has 0 saturated carbocycles. The van der Waals surface area contributed by atoms with Crippen molar-refractivity contribution < 1.29 is 18.3 Å². The van der Waals surface area contributed by atoms with Gasteiger partial charge in [-0.2, -0.15) is 0 Å². The van der Waals surface area contributed by atoms with Crippen LogP contribution in [0.3, 0.4) is 0 Å². The van der Waals surface area contributed by atoms with Crippen molar-refractivity contribution in [1.29, 1.82) is 0 Å². The minimum absolute atomic E-state index is 0.118. The highest BCUT2D eigenvalue weighted by Crippen LogP contribution is 2.18. The molecule has 1 N–H and O–H groups in total. The molecule has 2 rings (SSSR count). The summed E-state index contributed by atoms with van der Waals surface area (Å²) >= 11 is 1.29. The molecule has 0 radical (unpaired) electrons. The molecule has 100 valence electrons. The Hall–Kier alpha value is -1.73. The standard InChI is InChI=1S/C12H11NO4S2/c14-12(15)7-9-1-3-10(4-2-9)19(16,17)8-11-13-5-6-18-11/h1-6H,7-8H2,(H,14,15). The van der Waals surface area contributed by atoms with Crippen molar-refractivity contribution >= 4 is 27.1 Å². The molecule has 5 nitrogen and oxygen atoms in total. The average molecular weight is 297 g/mol. The summed E-state index contributed by atoms with van der Waals surface area (Å²) in [5, 5.41) is 10.9. The summed E-state index contributed by atoms with van der Waals surface area (Å²) in [5.74, 6) is -1.08. The van der Waals surface area contributed by atoms with Crippen LogP contribution in [0.15, 0.2) is 40.7 Å². The lowest BCUT2D eigenvalue weighted by Crippen LogP contribution is -2.05. The number of hydrogen-bond donors (Lipinski definition) is 1. The van der Waals surface area contributed by atoms with Crippen molar-refractivity contribution in [3.63, 3.8) is 0 Å². The molecule has 0 aliphatic carbocycles. The van der Waals surface area contributed by atoms with Crippen LogP contribution in [0.1, 0.15) is 10.6 Å². The van der Waals surface area contributed by atoms with Crippen molar-refractivity contribution in [2.45, 2.75) is 17.1 Å². The van der Waals surface area contributed by atoms with E-state index in [1.807, 2.05) is 0 Å². The van der Waals surface area contributed by atoms with Crippen LogP contribution in [0.5, 0.6) is 0 Å². The van der Waals surface area contributed by atoms with Gasteiger partial charge < -0.3 is 5.11 Å². The van der Waals surface area contributed by atoms with E-state index >= 15 is 0 Å². The van der Waals surface area contributed by atoms with Crippen molar-refractivity contribution in [1.82, 2.24) is 4.98 Å². The highest BCUT2D eigenvalue weighted by molar-refractivity contribution is 7.90. The largest absolute Gasteiger partial charge is 0.481 e. The Morgan fingerprint density at radius 2 is 1.95 bits per heavy atom. The Morgan fingerprint density at radius 1 is 1.26 bits per heavy atom. The van der Waals surface area contributed by atoms with E-state index in [-0.39, 0.29) is 17.1 Å². The number of aliphatic carboxylic acids is 1. The molecule has 0 fully saturated rings. The molecule has 0 bridgehead atoms. The fourth-order valence-electron chi connectivity index (χ4n) is 1.56. The fraction of sp³-hybridized carbons (Fsp3) is 0.167. The van der Waals surface area contributed by atoms with Gasteiger partial charge in [0.05, 0.1) is 11.3 Å². The van der Waals surface area contributed by atoms with Gasteiger partial charge in [-0.1, -0.05) is 12.1 Å². The van der Waals surface area contributed by atoms with Gasteiger partial charge in [0.25, 0.3) is 0 Å². The molecule has 0 atom stereocenters. The summed E-state index contributed by atoms with van der Waals surface area (Å²) in [6, 6.07) is 5.90. The predicted octanol–water partition coefficient (Wildman–Crippen LogP) is 1.74. The van der Waals surface area contributed by atoms with E-state index in [0.29, 0.717) is 10.6 Å². The quantitative estimate of drug-likeness (QED) is 0.908. The number of aromatic nitrogens is 1. The molecule has 0 aliphatic rings. The zero-order valence-corrected chi connectivity index (χ0v) is 11.4. The zero-order chi connectivity index (χ0) is 13.9. The van der Waals surface area contributed by atoms with Gasteiger partial charge in [0, 0.05) is 11.6 Å². The minimum atomic E-state index is -3.43. The SMILES string of the molecule is O=C(O)Cc1ccc(S(=O)(=O)Cc2nccs2)cc1. The van der Waals surface area contributed by atoms with Gasteiger partial charge in [-0.3, -0.25) is 4.79 Å². The second-order valence-corrected chi connectivity index (χ2v) is 6.87. The topological polar surface area (TPSA) is 84.3 Å². The van der Waals surface area contributed by atoms with Gasteiger partial charge >= 0.3 is 5.97 Å². The molecular formula is C12H11NO4S2. The maximum atomic E-state index is 12.1. The highest BCUT2D eigenvalue weighted by Gasteiger charge is 2.16. The third kappa shape index (κ3) is 3.62. The van der Waals surface area contributed by atoms with Gasteiger partial charge in [0.2, 0.25) is 0 Å². The molecule has 1 aromatic carbocycles. The summed E-state index contributed by atoms with van der Waals surface area (Å²) in [5.41, 5.74) is 0.570. The zero-order valence-electron chi connectivity index (χ0n) is 9.81. The predicted molar refractivity (Wildman–Crippen MR) is 70.8 cm³/mol. The smallest absolute Gasteiger partial charge is 0.307 e. The van der Waals surface area contributed by atoms with Gasteiger partial charge in [-0.15, -0.1) is 11.3 Å². The third-order valence-electron chi connectivity index (χ3n) is 2.43. The van der Waals surface area contributed by atoms with E-state index in [2.05, 4.69) is 4.98 Å². The molecule has 1 heterocycles. The van der Waals surface area contributed by atoms with Crippen LogP contribution in [-0.4, -0.2) is 24.5 Å². The number of rotatable bonds is 5. The van der Waals surface area contributed by atoms with E-state index in [1.54, 1.807) is 11.6 Å². The van der Waals surface area contributed by atoms with E-state index in [1.165, 1.54) is 35.6 Å². The van der Waals surface area contributed by atoms with Gasteiger partial charge in [-0.05, 0) is 17.7 Å². The van der Waals surface area contributed by atoms with Crippen LogP contribution < -0.4 is 0 Å². The molecule has 1 aromatic heterocycles. The van der Waals surface area contributed by atoms with E-state index in [4.69, 9.17) is 5.11 Å². The Kier molecular flexibility index (Phi) is 3.96. The Labute approximate surface area is 114 Å². The van der Waals surface area contributed by atoms with E-state index in [9.17, 15) is 13.2 Å². The summed E-state index contributed by atoms with van der Waals surface area (Å²) in [4.78, 5) is 14.7. The second-order valence-electron chi connectivity index (χ2n) is 3.90. The normalized spacial score (nSPS) is 11.4. The second kappa shape index (κ2) is 5.50. The van der Waals surface area contributed by atoms with Crippen LogP contribution in [0.25, 0.3) is 0 Å². The van der Waals surface area contributed by atoms with E-state index < -0.39 is 15.8 Å². The number of sulfone groups is 1. The molecule has 7 heteroatoms. The van der Waals surface area contributed by atoms with E-state index in [0.717, 1.165) is 0 Å². The number of hydrogen-bond acceptors (Lipinski definition) is 5. The van der Waals surface area contributed by atoms with Crippen molar-refractivity contribution in [2.24, 2.45) is 0 Å². The van der Waals surface area contributed by atoms with Crippen LogP contribution in [-0.2, 0) is 26.8 Å². The van der Waals surface area contributed by atoms with Crippen LogP contribution in [0.4, 0.5) is 0 Å². The lowest BCUT2D eigenvalue weighted by Gasteiger charge is -2.03. The Balaban J connectivity index is 2.19. The van der Waals surface area contributed by atoms with Crippen molar-refractivity contribution in [3.8, 4) is 0 Å². The third-order valence-corrected chi connectivity index (χ3v) is 5.04. The molecule has 0 spiro atoms. The maximum absolute atomic E-state index is 12.1. The molecule has 0 amide bonds. The fourth-order valence-corrected chi connectivity index (χ4v) is 3.81. The first kappa shape index (κ1) is 13.7. The number of thiazole rings is 1. The number of carboxylic acid groups (broad SMARTS) is 1. The number of benzene rings is 1. The van der Waals surface area contributed by atoms with Crippen LogP contribution >= 0.6 is 11.3 Å². The van der Waals surface area contributed by atoms with Crippen LogP contribution in [0, 0.1) is 0 Å². The summed E-state index contributed by atoms with van der Waals surface area (Å²) in [7, 11) is -3.43. The number of carbonyl (C=O) groups is 1. The van der Waals surface area contributed by atoms with Crippen molar-refractivity contribution in [3.05, 3.63) is 46.4 Å². The summed E-state index contributed by atoms with van der Waals surface area (Å²) in [6.07, 6.45) is 1.44. The molecule has 0 aliphatic heterocycles. The first-order valence-corrected chi connectivity index (χ1v) is 7.92. The minimum Gasteiger partial charge on any atom is -0.481 e. The van der Waals surface area contributed by atoms with Gasteiger partial charge in [0.15, 0.2) is 9.84 Å². The van der Waals surface area contributed by atoms with Gasteiger partial charge in [0.1, 0.15) is 10.8 Å². The monoisotopic (exact) mass is 297 g/mol. The Morgan fingerprint density at radius 3 is 2.47 bits per heavy atom. The number of nitrogens with zero attached hydrogens (tertiary/aromatic N) is 1. The molecule has 2 aromatic rings. The first-order chi connectivity index (χ1) is 8.97. The lowest BCUT2D eigenvalue weighted by atomic mass is 10.2.